The van der Waals surface area contributed by atoms with Crippen LogP contribution >= 0.6 is 0 Å². The smallest absolute Gasteiger partial charge is 0.240 e. The number of primary sulfonamides is 1. The lowest BCUT2D eigenvalue weighted by atomic mass is 10.2. The Labute approximate surface area is 175 Å². The van der Waals surface area contributed by atoms with Gasteiger partial charge in [-0.3, -0.25) is 4.79 Å². The van der Waals surface area contributed by atoms with Crippen LogP contribution < -0.4 is 19.5 Å². The zero-order valence-corrected chi connectivity index (χ0v) is 18.2. The van der Waals surface area contributed by atoms with Crippen molar-refractivity contribution in [2.45, 2.75) is 36.2 Å². The Hall–Kier alpha value is -2.47. The van der Waals surface area contributed by atoms with Crippen LogP contribution in [-0.2, 0) is 31.3 Å². The van der Waals surface area contributed by atoms with E-state index in [-0.39, 0.29) is 28.3 Å². The maximum absolute atomic E-state index is 12.7. The van der Waals surface area contributed by atoms with Gasteiger partial charge in [0.25, 0.3) is 0 Å². The van der Waals surface area contributed by atoms with E-state index >= 15 is 0 Å². The van der Waals surface area contributed by atoms with Gasteiger partial charge in [0.2, 0.25) is 26.0 Å². The zero-order valence-electron chi connectivity index (χ0n) is 16.5. The van der Waals surface area contributed by atoms with Crippen LogP contribution in [0.1, 0.15) is 19.4 Å². The number of nitrogens with one attached hydrogen (secondary N) is 1. The Morgan fingerprint density at radius 3 is 2.37 bits per heavy atom. The van der Waals surface area contributed by atoms with E-state index in [0.29, 0.717) is 24.4 Å². The average molecular weight is 454 g/mol. The van der Waals surface area contributed by atoms with Crippen LogP contribution in [-0.4, -0.2) is 41.9 Å². The molecule has 1 heterocycles. The Bertz CT molecular complexity index is 1160. The molecule has 2 aromatic carbocycles. The minimum atomic E-state index is -3.82. The maximum atomic E-state index is 12.7. The molecule has 9 nitrogen and oxygen atoms in total. The summed E-state index contributed by atoms with van der Waals surface area (Å²) in [7, 11) is -7.59. The summed E-state index contributed by atoms with van der Waals surface area (Å²) in [4.78, 5) is 13.5. The number of carbonyl (C=O) groups excluding carboxylic acids is 1. The third-order valence-electron chi connectivity index (χ3n) is 4.64. The van der Waals surface area contributed by atoms with Gasteiger partial charge in [-0.1, -0.05) is 12.1 Å². The first-order valence-electron chi connectivity index (χ1n) is 9.17. The summed E-state index contributed by atoms with van der Waals surface area (Å²) in [6, 6.07) is 10.3. The summed E-state index contributed by atoms with van der Waals surface area (Å²) in [6.45, 7) is 3.70. The highest BCUT2D eigenvalue weighted by Crippen LogP contribution is 2.35. The SMILES string of the molecule is CC(=O)N1CC(C)Oc2ccc(S(=O)(=O)NCCc3ccc(S(N)(=O)=O)cc3)cc21. The van der Waals surface area contributed by atoms with Crippen molar-refractivity contribution in [1.29, 1.82) is 0 Å². The summed E-state index contributed by atoms with van der Waals surface area (Å²) in [5.41, 5.74) is 1.17. The molecule has 1 atom stereocenters. The maximum Gasteiger partial charge on any atom is 0.240 e. The van der Waals surface area contributed by atoms with Gasteiger partial charge in [0, 0.05) is 13.5 Å². The lowest BCUT2D eigenvalue weighted by Gasteiger charge is -2.33. The summed E-state index contributed by atoms with van der Waals surface area (Å²) >= 11 is 0. The third kappa shape index (κ3) is 4.98. The summed E-state index contributed by atoms with van der Waals surface area (Å²) in [6.07, 6.45) is 0.164. The molecular weight excluding hydrogens is 430 g/mol. The van der Waals surface area contributed by atoms with Gasteiger partial charge in [0.15, 0.2) is 0 Å². The van der Waals surface area contributed by atoms with E-state index in [1.165, 1.54) is 36.1 Å². The van der Waals surface area contributed by atoms with Crippen molar-refractivity contribution in [3.05, 3.63) is 48.0 Å². The van der Waals surface area contributed by atoms with Crippen molar-refractivity contribution in [2.24, 2.45) is 5.14 Å². The van der Waals surface area contributed by atoms with Gasteiger partial charge in [-0.15, -0.1) is 0 Å². The highest BCUT2D eigenvalue weighted by molar-refractivity contribution is 7.89. The van der Waals surface area contributed by atoms with E-state index in [2.05, 4.69) is 4.72 Å². The fourth-order valence-corrected chi connectivity index (χ4v) is 4.71. The van der Waals surface area contributed by atoms with Gasteiger partial charge < -0.3 is 9.64 Å². The number of carbonyl (C=O) groups is 1. The number of nitrogens with zero attached hydrogens (tertiary/aromatic N) is 1. The van der Waals surface area contributed by atoms with Crippen LogP contribution in [0, 0.1) is 0 Å². The molecule has 1 aliphatic rings. The molecular formula is C19H23N3O6S2. The molecule has 0 bridgehead atoms. The summed E-state index contributed by atoms with van der Waals surface area (Å²) in [5.74, 6) is 0.259. The van der Waals surface area contributed by atoms with E-state index in [0.717, 1.165) is 5.56 Å². The molecule has 11 heteroatoms. The van der Waals surface area contributed by atoms with E-state index in [1.54, 1.807) is 18.2 Å². The molecule has 1 aliphatic heterocycles. The third-order valence-corrected chi connectivity index (χ3v) is 7.03. The number of nitrogens with two attached hydrogens (primary N) is 1. The lowest BCUT2D eigenvalue weighted by molar-refractivity contribution is -0.117. The molecule has 30 heavy (non-hydrogen) atoms. The Balaban J connectivity index is 1.72. The van der Waals surface area contributed by atoms with E-state index < -0.39 is 20.0 Å². The van der Waals surface area contributed by atoms with E-state index in [4.69, 9.17) is 9.88 Å². The van der Waals surface area contributed by atoms with Gasteiger partial charge in [-0.25, -0.2) is 26.7 Å². The Kier molecular flexibility index (Phi) is 6.18. The number of hydrogen-bond acceptors (Lipinski definition) is 6. The molecule has 1 unspecified atom stereocenters. The second kappa shape index (κ2) is 8.34. The largest absolute Gasteiger partial charge is 0.487 e. The van der Waals surface area contributed by atoms with Crippen molar-refractivity contribution >= 4 is 31.6 Å². The number of amides is 1. The first kappa shape index (κ1) is 22.2. The van der Waals surface area contributed by atoms with Gasteiger partial charge in [-0.05, 0) is 49.2 Å². The second-order valence-electron chi connectivity index (χ2n) is 7.02. The molecule has 0 spiro atoms. The van der Waals surface area contributed by atoms with Gasteiger partial charge in [0.05, 0.1) is 22.0 Å². The number of ether oxygens (including phenoxy) is 1. The van der Waals surface area contributed by atoms with E-state index in [9.17, 15) is 21.6 Å². The predicted molar refractivity (Wildman–Crippen MR) is 111 cm³/mol. The van der Waals surface area contributed by atoms with Gasteiger partial charge in [-0.2, -0.15) is 0 Å². The van der Waals surface area contributed by atoms with Gasteiger partial charge in [0.1, 0.15) is 11.9 Å². The van der Waals surface area contributed by atoms with Crippen molar-refractivity contribution in [1.82, 2.24) is 4.72 Å². The molecule has 162 valence electrons. The minimum absolute atomic E-state index is 0.00699. The topological polar surface area (TPSA) is 136 Å². The number of sulfonamides is 2. The molecule has 3 rings (SSSR count). The molecule has 3 N–H and O–H groups in total. The molecule has 0 saturated carbocycles. The normalized spacial score (nSPS) is 16.6. The summed E-state index contributed by atoms with van der Waals surface area (Å²) < 4.78 is 56.1. The molecule has 2 aromatic rings. The first-order valence-corrected chi connectivity index (χ1v) is 12.2. The molecule has 0 aromatic heterocycles. The Morgan fingerprint density at radius 2 is 1.77 bits per heavy atom. The van der Waals surface area contributed by atoms with Crippen LogP contribution in [0.4, 0.5) is 5.69 Å². The monoisotopic (exact) mass is 453 g/mol. The van der Waals surface area contributed by atoms with Crippen molar-refractivity contribution in [3.8, 4) is 5.75 Å². The number of hydrogen-bond donors (Lipinski definition) is 2. The Morgan fingerprint density at radius 1 is 1.13 bits per heavy atom. The molecule has 0 fully saturated rings. The number of benzene rings is 2. The van der Waals surface area contributed by atoms with E-state index in [1.807, 2.05) is 6.92 Å². The standard InChI is InChI=1S/C19H23N3O6S2/c1-13-12-22(14(2)23)18-11-17(7-8-19(18)28-13)30(26,27)21-10-9-15-3-5-16(6-4-15)29(20,24)25/h3-8,11,13,21H,9-10,12H2,1-2H3,(H2,20,24,25). The molecule has 0 radical (unpaired) electrons. The second-order valence-corrected chi connectivity index (χ2v) is 10.4. The highest BCUT2D eigenvalue weighted by atomic mass is 32.2. The van der Waals surface area contributed by atoms with Crippen LogP contribution in [0.15, 0.2) is 52.3 Å². The zero-order chi connectivity index (χ0) is 22.1. The molecule has 0 saturated heterocycles. The lowest BCUT2D eigenvalue weighted by Crippen LogP contribution is -2.41. The first-order chi connectivity index (χ1) is 14.0. The van der Waals surface area contributed by atoms with Gasteiger partial charge >= 0.3 is 0 Å². The average Bonchev–Trinajstić information content (AvgIpc) is 2.66. The van der Waals surface area contributed by atoms with Crippen molar-refractivity contribution in [3.63, 3.8) is 0 Å². The fourth-order valence-electron chi connectivity index (χ4n) is 3.14. The number of fused-ring (bicyclic) bond motifs is 1. The minimum Gasteiger partial charge on any atom is -0.487 e. The summed E-state index contributed by atoms with van der Waals surface area (Å²) in [5, 5.41) is 5.06. The van der Waals surface area contributed by atoms with Crippen molar-refractivity contribution in [2.75, 3.05) is 18.0 Å². The molecule has 1 amide bonds. The van der Waals surface area contributed by atoms with Crippen LogP contribution in [0.3, 0.4) is 0 Å². The quantitative estimate of drug-likeness (QED) is 0.669. The highest BCUT2D eigenvalue weighted by Gasteiger charge is 2.27. The van der Waals surface area contributed by atoms with Crippen LogP contribution in [0.2, 0.25) is 0 Å². The van der Waals surface area contributed by atoms with Crippen LogP contribution in [0.25, 0.3) is 0 Å². The van der Waals surface area contributed by atoms with Crippen LogP contribution in [0.5, 0.6) is 5.75 Å². The van der Waals surface area contributed by atoms with Crippen molar-refractivity contribution < 1.29 is 26.4 Å². The predicted octanol–water partition coefficient (Wildman–Crippen LogP) is 0.989. The fraction of sp³-hybridized carbons (Fsp3) is 0.316. The number of rotatable bonds is 6. The number of anilines is 1. The molecule has 0 aliphatic carbocycles.